The second-order valence-electron chi connectivity index (χ2n) is 6.68. The molecule has 0 saturated heterocycles. The highest BCUT2D eigenvalue weighted by Gasteiger charge is 2.15. The van der Waals surface area contributed by atoms with Gasteiger partial charge < -0.3 is 9.47 Å². The Balaban J connectivity index is 2.87. The highest BCUT2D eigenvalue weighted by Crippen LogP contribution is 2.02. The summed E-state index contributed by atoms with van der Waals surface area (Å²) < 4.78 is 11.8. The minimum atomic E-state index is -0.819. The van der Waals surface area contributed by atoms with Crippen LogP contribution < -0.4 is 17.1 Å². The zero-order valence-electron chi connectivity index (χ0n) is 17.3. The first-order valence-corrected chi connectivity index (χ1v) is 10.1. The van der Waals surface area contributed by atoms with Gasteiger partial charge in [-0.15, -0.1) is 0 Å². The lowest BCUT2D eigenvalue weighted by Crippen LogP contribution is -2.54. The molecule has 1 aromatic heterocycles. The molecule has 0 bridgehead atoms. The number of ether oxygens (including phenoxy) is 2. The molecule has 0 aromatic carbocycles. The quantitative estimate of drug-likeness (QED) is 0.158. The van der Waals surface area contributed by atoms with Crippen LogP contribution in [0.1, 0.15) is 51.4 Å². The summed E-state index contributed by atoms with van der Waals surface area (Å²) in [5.74, 6) is 0. The number of hydrogen-bond acceptors (Lipinski definition) is 9. The lowest BCUT2D eigenvalue weighted by Gasteiger charge is -2.13. The molecule has 0 spiro atoms. The van der Waals surface area contributed by atoms with Gasteiger partial charge in [-0.2, -0.15) is 10.5 Å². The van der Waals surface area contributed by atoms with Gasteiger partial charge in [0.1, 0.15) is 6.61 Å². The zero-order chi connectivity index (χ0) is 22.9. The van der Waals surface area contributed by atoms with Gasteiger partial charge in [0, 0.05) is 13.1 Å². The number of rotatable bonds is 16. The third-order valence-corrected chi connectivity index (χ3v) is 4.55. The smallest absolute Gasteiger partial charge is 0.339 e. The lowest BCUT2D eigenvalue weighted by molar-refractivity contribution is 0.174. The van der Waals surface area contributed by atoms with Crippen molar-refractivity contribution in [2.24, 2.45) is 4.99 Å². The van der Waals surface area contributed by atoms with Crippen LogP contribution in [0.25, 0.3) is 0 Å². The Hall–Kier alpha value is -3.63. The van der Waals surface area contributed by atoms with Crippen molar-refractivity contribution in [3.63, 3.8) is 0 Å². The van der Waals surface area contributed by atoms with Gasteiger partial charge in [-0.25, -0.2) is 37.9 Å². The Morgan fingerprint density at radius 1 is 0.710 bits per heavy atom. The molecule has 0 atom stereocenters. The molecule has 12 nitrogen and oxygen atoms in total. The maximum absolute atomic E-state index is 12.7. The molecule has 0 radical (unpaired) electrons. The number of aliphatic imine (C=N–C) groups is 1. The monoisotopic (exact) mass is 434 g/mol. The summed E-state index contributed by atoms with van der Waals surface area (Å²) in [5, 5.41) is 16.9. The molecule has 0 unspecified atom stereocenters. The van der Waals surface area contributed by atoms with E-state index in [1.165, 1.54) is 12.3 Å². The molecule has 168 valence electrons. The summed E-state index contributed by atoms with van der Waals surface area (Å²) in [4.78, 5) is 51.4. The molecule has 0 N–H and O–H groups in total. The molecular formula is C19H26N6O6. The fourth-order valence-corrected chi connectivity index (χ4v) is 2.97. The molecule has 0 aliphatic heterocycles. The normalized spacial score (nSPS) is 10.0. The molecule has 0 amide bonds. The van der Waals surface area contributed by atoms with E-state index < -0.39 is 23.8 Å². The van der Waals surface area contributed by atoms with Crippen LogP contribution in [0, 0.1) is 23.0 Å². The van der Waals surface area contributed by atoms with E-state index in [2.05, 4.69) is 14.5 Å². The standard InChI is InChI=1S/C19H26N6O6/c20-13-30-12-8-4-3-7-11-24-17(27)23(10-6-2-1-5-9-22-15-26)18(28)25(19(24)29)16-31-14-21/h1-12,16H2. The minimum Gasteiger partial charge on any atom is -0.428 e. The van der Waals surface area contributed by atoms with Gasteiger partial charge in [0.15, 0.2) is 6.73 Å². The van der Waals surface area contributed by atoms with Gasteiger partial charge >= 0.3 is 17.1 Å². The maximum atomic E-state index is 12.7. The van der Waals surface area contributed by atoms with Crippen molar-refractivity contribution in [3.8, 4) is 12.5 Å². The average molecular weight is 434 g/mol. The number of aromatic nitrogens is 3. The predicted octanol–water partition coefficient (Wildman–Crippen LogP) is 0.581. The van der Waals surface area contributed by atoms with Crippen molar-refractivity contribution >= 4 is 6.08 Å². The summed E-state index contributed by atoms with van der Waals surface area (Å²) >= 11 is 0. The third kappa shape index (κ3) is 8.72. The minimum absolute atomic E-state index is 0.118. The maximum Gasteiger partial charge on any atom is 0.339 e. The summed E-state index contributed by atoms with van der Waals surface area (Å²) in [6, 6.07) is 0. The molecule has 1 aromatic rings. The van der Waals surface area contributed by atoms with E-state index in [-0.39, 0.29) is 13.1 Å². The second kappa shape index (κ2) is 15.2. The van der Waals surface area contributed by atoms with Gasteiger partial charge in [0.25, 0.3) is 12.5 Å². The summed E-state index contributed by atoms with van der Waals surface area (Å²) in [7, 11) is 0. The second-order valence-corrected chi connectivity index (χ2v) is 6.68. The predicted molar refractivity (Wildman–Crippen MR) is 107 cm³/mol. The van der Waals surface area contributed by atoms with E-state index in [0.29, 0.717) is 51.7 Å². The van der Waals surface area contributed by atoms with E-state index in [1.54, 1.807) is 6.26 Å². The van der Waals surface area contributed by atoms with Crippen LogP contribution in [0.2, 0.25) is 0 Å². The molecule has 0 saturated carbocycles. The van der Waals surface area contributed by atoms with Crippen molar-refractivity contribution in [2.45, 2.75) is 71.2 Å². The van der Waals surface area contributed by atoms with Crippen molar-refractivity contribution in [1.29, 1.82) is 10.5 Å². The largest absolute Gasteiger partial charge is 0.428 e. The zero-order valence-corrected chi connectivity index (χ0v) is 17.3. The molecule has 31 heavy (non-hydrogen) atoms. The van der Waals surface area contributed by atoms with Gasteiger partial charge in [0.2, 0.25) is 6.08 Å². The van der Waals surface area contributed by atoms with E-state index in [1.807, 2.05) is 0 Å². The highest BCUT2D eigenvalue weighted by atomic mass is 16.5. The number of isocyanates is 1. The van der Waals surface area contributed by atoms with Gasteiger partial charge in [-0.1, -0.05) is 19.3 Å². The lowest BCUT2D eigenvalue weighted by atomic mass is 10.2. The molecule has 0 aliphatic carbocycles. The first kappa shape index (κ1) is 25.4. The van der Waals surface area contributed by atoms with Crippen LogP contribution in [0.4, 0.5) is 0 Å². The first-order valence-electron chi connectivity index (χ1n) is 10.1. The third-order valence-electron chi connectivity index (χ3n) is 4.55. The van der Waals surface area contributed by atoms with Crippen molar-refractivity contribution in [1.82, 2.24) is 13.7 Å². The summed E-state index contributed by atoms with van der Waals surface area (Å²) in [6.07, 6.45) is 9.83. The number of unbranched alkanes of at least 4 members (excludes halogenated alkanes) is 6. The Labute approximate surface area is 178 Å². The van der Waals surface area contributed by atoms with E-state index in [4.69, 9.17) is 10.5 Å². The Morgan fingerprint density at radius 3 is 1.77 bits per heavy atom. The van der Waals surface area contributed by atoms with Crippen LogP contribution in [-0.4, -0.2) is 32.9 Å². The Bertz CT molecular complexity index is 990. The number of carbonyl (C=O) groups excluding carboxylic acids is 1. The molecule has 0 aliphatic rings. The Kier molecular flexibility index (Phi) is 12.5. The van der Waals surface area contributed by atoms with E-state index in [0.717, 1.165) is 26.5 Å². The van der Waals surface area contributed by atoms with Crippen LogP contribution in [0.3, 0.4) is 0 Å². The molecule has 0 fully saturated rings. The molecular weight excluding hydrogens is 408 g/mol. The van der Waals surface area contributed by atoms with Gasteiger partial charge in [0.05, 0.1) is 6.54 Å². The van der Waals surface area contributed by atoms with Crippen molar-refractivity contribution in [3.05, 3.63) is 31.5 Å². The van der Waals surface area contributed by atoms with E-state index in [9.17, 15) is 19.2 Å². The molecule has 1 rings (SSSR count). The van der Waals surface area contributed by atoms with Crippen molar-refractivity contribution < 1.29 is 14.3 Å². The van der Waals surface area contributed by atoms with Crippen LogP contribution in [0.5, 0.6) is 0 Å². The van der Waals surface area contributed by atoms with E-state index >= 15 is 0 Å². The first-order chi connectivity index (χ1) is 15.1. The number of hydrogen-bond donors (Lipinski definition) is 0. The highest BCUT2D eigenvalue weighted by molar-refractivity contribution is 5.32. The molecule has 12 heteroatoms. The van der Waals surface area contributed by atoms with Gasteiger partial charge in [-0.05, 0) is 32.1 Å². The topological polar surface area (TPSA) is 161 Å². The summed E-state index contributed by atoms with van der Waals surface area (Å²) in [5.41, 5.74) is -2.33. The number of nitriles is 2. The molecule has 1 heterocycles. The van der Waals surface area contributed by atoms with Crippen molar-refractivity contribution in [2.75, 3.05) is 13.2 Å². The summed E-state index contributed by atoms with van der Waals surface area (Å²) in [6.45, 7) is 0.375. The van der Waals surface area contributed by atoms with Crippen LogP contribution >= 0.6 is 0 Å². The number of nitrogens with zero attached hydrogens (tertiary/aromatic N) is 6. The fraction of sp³-hybridized carbons (Fsp3) is 0.684. The van der Waals surface area contributed by atoms with Crippen LogP contribution in [-0.2, 0) is 34.1 Å². The fourth-order valence-electron chi connectivity index (χ4n) is 2.97. The Morgan fingerprint density at radius 2 is 1.23 bits per heavy atom. The SMILES string of the molecule is N#COCCCCCCn1c(=O)n(CCCCCCN=C=O)c(=O)n(COC#N)c1=O. The average Bonchev–Trinajstić information content (AvgIpc) is 2.76. The van der Waals surface area contributed by atoms with Gasteiger partial charge in [-0.3, -0.25) is 0 Å². The van der Waals surface area contributed by atoms with Crippen LogP contribution in [0.15, 0.2) is 19.4 Å².